The van der Waals surface area contributed by atoms with Gasteiger partial charge in [0.15, 0.2) is 5.58 Å². The van der Waals surface area contributed by atoms with Gasteiger partial charge in [-0.25, -0.2) is 9.78 Å². The molecule has 18 heavy (non-hydrogen) atoms. The largest absolute Gasteiger partial charge is 0.478 e. The number of aromatic nitrogens is 1. The molecule has 1 N–H and O–H groups in total. The minimum Gasteiger partial charge on any atom is -0.478 e. The first-order chi connectivity index (χ1) is 8.74. The molecule has 3 aromatic rings. The number of fused-ring (bicyclic) bond motifs is 3. The molecule has 4 nitrogen and oxygen atoms in total. The number of hydrogen-bond acceptors (Lipinski definition) is 3. The highest BCUT2D eigenvalue weighted by Gasteiger charge is 2.07. The Kier molecular flexibility index (Phi) is 2.34. The van der Waals surface area contributed by atoms with E-state index < -0.39 is 5.97 Å². The topological polar surface area (TPSA) is 63.3 Å². The number of nitrogens with zero attached hydrogens (tertiary/aromatic N) is 1. The first-order valence-electron chi connectivity index (χ1n) is 5.43. The SMILES string of the molecule is O=C(O)/C=C/c1nc2ccc3ccccc3c2o1. The van der Waals surface area contributed by atoms with Crippen molar-refractivity contribution in [1.29, 1.82) is 0 Å². The summed E-state index contributed by atoms with van der Waals surface area (Å²) in [4.78, 5) is 14.7. The lowest BCUT2D eigenvalue weighted by atomic mass is 10.1. The summed E-state index contributed by atoms with van der Waals surface area (Å²) in [5.74, 6) is -0.731. The number of rotatable bonds is 2. The Balaban J connectivity index is 2.22. The van der Waals surface area contributed by atoms with Crippen molar-refractivity contribution in [2.45, 2.75) is 0 Å². The van der Waals surface area contributed by atoms with Crippen LogP contribution >= 0.6 is 0 Å². The Hall–Kier alpha value is -2.62. The van der Waals surface area contributed by atoms with E-state index in [1.54, 1.807) is 0 Å². The maximum atomic E-state index is 10.4. The molecule has 4 heteroatoms. The molecule has 0 aliphatic rings. The fourth-order valence-electron chi connectivity index (χ4n) is 1.89. The first kappa shape index (κ1) is 10.5. The van der Waals surface area contributed by atoms with E-state index in [0.717, 1.165) is 22.4 Å². The predicted molar refractivity (Wildman–Crippen MR) is 68.2 cm³/mol. The highest BCUT2D eigenvalue weighted by atomic mass is 16.4. The van der Waals surface area contributed by atoms with Gasteiger partial charge in [-0.3, -0.25) is 0 Å². The summed E-state index contributed by atoms with van der Waals surface area (Å²) < 4.78 is 5.57. The molecule has 3 rings (SSSR count). The lowest BCUT2D eigenvalue weighted by molar-refractivity contribution is -0.131. The molecule has 0 aliphatic carbocycles. The van der Waals surface area contributed by atoms with E-state index in [0.29, 0.717) is 11.5 Å². The van der Waals surface area contributed by atoms with Gasteiger partial charge in [-0.1, -0.05) is 30.3 Å². The molecule has 1 aromatic heterocycles. The van der Waals surface area contributed by atoms with Crippen molar-refractivity contribution >= 4 is 33.9 Å². The fraction of sp³-hybridized carbons (Fsp3) is 0. The van der Waals surface area contributed by atoms with E-state index in [1.165, 1.54) is 6.08 Å². The number of carbonyl (C=O) groups is 1. The van der Waals surface area contributed by atoms with Crippen LogP contribution in [0, 0.1) is 0 Å². The minimum absolute atomic E-state index is 0.295. The number of hydrogen-bond donors (Lipinski definition) is 1. The first-order valence-corrected chi connectivity index (χ1v) is 5.43. The van der Waals surface area contributed by atoms with E-state index in [2.05, 4.69) is 4.98 Å². The number of oxazole rings is 1. The van der Waals surface area contributed by atoms with Crippen molar-refractivity contribution in [1.82, 2.24) is 4.98 Å². The summed E-state index contributed by atoms with van der Waals surface area (Å²) in [5, 5.41) is 10.6. The summed E-state index contributed by atoms with van der Waals surface area (Å²) in [6, 6.07) is 11.6. The molecule has 0 spiro atoms. The van der Waals surface area contributed by atoms with Gasteiger partial charge in [0.2, 0.25) is 5.89 Å². The Labute approximate surface area is 102 Å². The smallest absolute Gasteiger partial charge is 0.328 e. The summed E-state index contributed by atoms with van der Waals surface area (Å²) in [6.45, 7) is 0. The standard InChI is InChI=1S/C14H9NO3/c16-13(17)8-7-12-15-11-6-5-9-3-1-2-4-10(9)14(11)18-12/h1-8H,(H,16,17)/b8-7+. The van der Waals surface area contributed by atoms with Crippen molar-refractivity contribution in [2.75, 3.05) is 0 Å². The number of carboxylic acids is 1. The second kappa shape index (κ2) is 4.00. The Morgan fingerprint density at radius 1 is 1.22 bits per heavy atom. The van der Waals surface area contributed by atoms with Crippen LogP contribution in [-0.4, -0.2) is 16.1 Å². The van der Waals surface area contributed by atoms with Gasteiger partial charge in [-0.2, -0.15) is 0 Å². The maximum Gasteiger partial charge on any atom is 0.328 e. The third-order valence-corrected chi connectivity index (χ3v) is 2.66. The van der Waals surface area contributed by atoms with Gasteiger partial charge in [0.25, 0.3) is 0 Å². The van der Waals surface area contributed by atoms with Gasteiger partial charge in [0.05, 0.1) is 0 Å². The Morgan fingerprint density at radius 2 is 2.06 bits per heavy atom. The lowest BCUT2D eigenvalue weighted by Crippen LogP contribution is -1.85. The van der Waals surface area contributed by atoms with Crippen LogP contribution in [0.15, 0.2) is 46.9 Å². The molecule has 0 amide bonds. The molecule has 0 saturated heterocycles. The third kappa shape index (κ3) is 1.73. The van der Waals surface area contributed by atoms with E-state index in [-0.39, 0.29) is 0 Å². The number of carboxylic acid groups (broad SMARTS) is 1. The molecule has 88 valence electrons. The molecule has 1 heterocycles. The molecule has 0 aliphatic heterocycles. The van der Waals surface area contributed by atoms with Gasteiger partial charge in [0, 0.05) is 17.5 Å². The van der Waals surface area contributed by atoms with Crippen LogP contribution < -0.4 is 0 Å². The average Bonchev–Trinajstić information content (AvgIpc) is 2.79. The Bertz CT molecular complexity index is 771. The fourth-order valence-corrected chi connectivity index (χ4v) is 1.89. The highest BCUT2D eigenvalue weighted by Crippen LogP contribution is 2.26. The van der Waals surface area contributed by atoms with Crippen LogP contribution in [0.1, 0.15) is 5.89 Å². The van der Waals surface area contributed by atoms with E-state index in [4.69, 9.17) is 9.52 Å². The molecule has 2 aromatic carbocycles. The van der Waals surface area contributed by atoms with Crippen molar-refractivity contribution in [2.24, 2.45) is 0 Å². The molecular formula is C14H9NO3. The monoisotopic (exact) mass is 239 g/mol. The second-order valence-electron chi connectivity index (χ2n) is 3.86. The minimum atomic E-state index is -1.03. The molecule has 0 fully saturated rings. The van der Waals surface area contributed by atoms with Crippen LogP contribution in [0.2, 0.25) is 0 Å². The molecule has 0 radical (unpaired) electrons. The van der Waals surface area contributed by atoms with E-state index in [9.17, 15) is 4.79 Å². The van der Waals surface area contributed by atoms with Crippen LogP contribution in [0.4, 0.5) is 0 Å². The summed E-state index contributed by atoms with van der Waals surface area (Å²) in [6.07, 6.45) is 2.35. The lowest BCUT2D eigenvalue weighted by Gasteiger charge is -1.95. The van der Waals surface area contributed by atoms with Gasteiger partial charge in [0.1, 0.15) is 5.52 Å². The highest BCUT2D eigenvalue weighted by molar-refractivity contribution is 6.03. The molecule has 0 unspecified atom stereocenters. The molecule has 0 bridgehead atoms. The second-order valence-corrected chi connectivity index (χ2v) is 3.86. The van der Waals surface area contributed by atoms with Crippen molar-refractivity contribution in [3.63, 3.8) is 0 Å². The number of aliphatic carboxylic acids is 1. The van der Waals surface area contributed by atoms with Crippen molar-refractivity contribution in [3.05, 3.63) is 48.4 Å². The van der Waals surface area contributed by atoms with Gasteiger partial charge >= 0.3 is 5.97 Å². The van der Waals surface area contributed by atoms with Gasteiger partial charge in [-0.05, 0) is 11.5 Å². The zero-order valence-corrected chi connectivity index (χ0v) is 9.33. The number of benzene rings is 2. The summed E-state index contributed by atoms with van der Waals surface area (Å²) in [7, 11) is 0. The third-order valence-electron chi connectivity index (χ3n) is 2.66. The maximum absolute atomic E-state index is 10.4. The average molecular weight is 239 g/mol. The van der Waals surface area contributed by atoms with Crippen molar-refractivity contribution < 1.29 is 14.3 Å². The molecular weight excluding hydrogens is 230 g/mol. The molecule has 0 saturated carbocycles. The molecule has 0 atom stereocenters. The van der Waals surface area contributed by atoms with Crippen LogP contribution in [0.25, 0.3) is 27.9 Å². The van der Waals surface area contributed by atoms with Gasteiger partial charge < -0.3 is 9.52 Å². The van der Waals surface area contributed by atoms with E-state index in [1.807, 2.05) is 36.4 Å². The van der Waals surface area contributed by atoms with Crippen molar-refractivity contribution in [3.8, 4) is 0 Å². The predicted octanol–water partition coefficient (Wildman–Crippen LogP) is 3.08. The van der Waals surface area contributed by atoms with Crippen LogP contribution in [-0.2, 0) is 4.79 Å². The normalized spacial score (nSPS) is 11.6. The van der Waals surface area contributed by atoms with Crippen LogP contribution in [0.3, 0.4) is 0 Å². The zero-order valence-electron chi connectivity index (χ0n) is 9.33. The quantitative estimate of drug-likeness (QED) is 0.698. The summed E-state index contributed by atoms with van der Waals surface area (Å²) in [5.41, 5.74) is 1.40. The van der Waals surface area contributed by atoms with Gasteiger partial charge in [-0.15, -0.1) is 0 Å². The van der Waals surface area contributed by atoms with Crippen LogP contribution in [0.5, 0.6) is 0 Å². The van der Waals surface area contributed by atoms with E-state index >= 15 is 0 Å². The Morgan fingerprint density at radius 3 is 2.89 bits per heavy atom. The summed E-state index contributed by atoms with van der Waals surface area (Å²) >= 11 is 0. The zero-order chi connectivity index (χ0) is 12.5.